The van der Waals surface area contributed by atoms with Crippen molar-refractivity contribution < 1.29 is 27.5 Å². The summed E-state index contributed by atoms with van der Waals surface area (Å²) in [7, 11) is 0. The van der Waals surface area contributed by atoms with Crippen LogP contribution < -0.4 is 20.7 Å². The number of alkyl halides is 3. The highest BCUT2D eigenvalue weighted by Gasteiger charge is 2.31. The molecule has 7 nitrogen and oxygen atoms in total. The van der Waals surface area contributed by atoms with Crippen molar-refractivity contribution >= 4 is 34.1 Å². The van der Waals surface area contributed by atoms with E-state index < -0.39 is 6.36 Å². The van der Waals surface area contributed by atoms with Crippen LogP contribution in [0.15, 0.2) is 29.6 Å². The lowest BCUT2D eigenvalue weighted by Gasteiger charge is -2.22. The third-order valence-corrected chi connectivity index (χ3v) is 5.23. The van der Waals surface area contributed by atoms with E-state index in [1.54, 1.807) is 5.38 Å². The van der Waals surface area contributed by atoms with Gasteiger partial charge in [-0.25, -0.2) is 9.78 Å². The number of thiazole rings is 1. The van der Waals surface area contributed by atoms with Gasteiger partial charge in [-0.15, -0.1) is 24.5 Å². The van der Waals surface area contributed by atoms with Crippen LogP contribution in [0.2, 0.25) is 0 Å². The minimum Gasteiger partial charge on any atom is -0.406 e. The lowest BCUT2D eigenvalue weighted by atomic mass is 9.96. The van der Waals surface area contributed by atoms with Gasteiger partial charge in [-0.1, -0.05) is 19.3 Å². The Bertz CT molecular complexity index is 865. The number of nitrogens with zero attached hydrogens (tertiary/aromatic N) is 1. The van der Waals surface area contributed by atoms with E-state index in [4.69, 9.17) is 0 Å². The van der Waals surface area contributed by atoms with Gasteiger partial charge in [-0.05, 0) is 37.1 Å². The Balaban J connectivity index is 1.45. The van der Waals surface area contributed by atoms with E-state index in [1.165, 1.54) is 29.9 Å². The molecule has 1 aliphatic carbocycles. The van der Waals surface area contributed by atoms with Crippen LogP contribution in [-0.4, -0.2) is 29.3 Å². The molecular formula is C19H21F3N4O3S. The molecule has 11 heteroatoms. The predicted octanol–water partition coefficient (Wildman–Crippen LogP) is 4.68. The number of hydrogen-bond acceptors (Lipinski definition) is 5. The molecule has 0 radical (unpaired) electrons. The molecule has 0 bridgehead atoms. The number of aromatic nitrogens is 1. The van der Waals surface area contributed by atoms with Gasteiger partial charge in [0.1, 0.15) is 5.75 Å². The third kappa shape index (κ3) is 7.21. The zero-order valence-corrected chi connectivity index (χ0v) is 16.7. The summed E-state index contributed by atoms with van der Waals surface area (Å²) < 4.78 is 40.3. The zero-order valence-electron chi connectivity index (χ0n) is 15.9. The molecule has 1 aliphatic rings. The number of carbonyl (C=O) groups is 2. The van der Waals surface area contributed by atoms with E-state index in [-0.39, 0.29) is 30.2 Å². The molecule has 3 rings (SSSR count). The predicted molar refractivity (Wildman–Crippen MR) is 107 cm³/mol. The second kappa shape index (κ2) is 9.79. The average Bonchev–Trinajstić information content (AvgIpc) is 3.09. The maximum Gasteiger partial charge on any atom is 0.573 e. The normalized spacial score (nSPS) is 14.8. The molecule has 1 heterocycles. The van der Waals surface area contributed by atoms with E-state index in [0.29, 0.717) is 16.5 Å². The lowest BCUT2D eigenvalue weighted by Crippen LogP contribution is -2.39. The fourth-order valence-electron chi connectivity index (χ4n) is 3.12. The molecule has 0 spiro atoms. The Morgan fingerprint density at radius 2 is 1.80 bits per heavy atom. The second-order valence-corrected chi connectivity index (χ2v) is 7.73. The summed E-state index contributed by atoms with van der Waals surface area (Å²) in [5, 5.41) is 10.2. The molecular weight excluding hydrogens is 421 g/mol. The number of urea groups is 1. The smallest absolute Gasteiger partial charge is 0.406 e. The highest BCUT2D eigenvalue weighted by molar-refractivity contribution is 7.13. The maximum atomic E-state index is 12.2. The SMILES string of the molecule is O=C(Cc1csc(NC(=O)NC2CCCCC2)n1)Nc1ccc(OC(F)(F)F)cc1. The van der Waals surface area contributed by atoms with Gasteiger partial charge in [0, 0.05) is 17.1 Å². The molecule has 0 atom stereocenters. The van der Waals surface area contributed by atoms with Crippen molar-refractivity contribution in [3.05, 3.63) is 35.3 Å². The fourth-order valence-corrected chi connectivity index (χ4v) is 3.83. The van der Waals surface area contributed by atoms with E-state index in [2.05, 4.69) is 25.7 Å². The topological polar surface area (TPSA) is 92.4 Å². The number of amides is 3. The first-order valence-corrected chi connectivity index (χ1v) is 10.3. The molecule has 1 aromatic heterocycles. The minimum atomic E-state index is -4.77. The molecule has 0 saturated heterocycles. The first-order valence-electron chi connectivity index (χ1n) is 9.44. The van der Waals surface area contributed by atoms with Gasteiger partial charge < -0.3 is 15.4 Å². The van der Waals surface area contributed by atoms with Crippen LogP contribution in [0, 0.1) is 0 Å². The van der Waals surface area contributed by atoms with Crippen LogP contribution in [-0.2, 0) is 11.2 Å². The highest BCUT2D eigenvalue weighted by Crippen LogP contribution is 2.24. The van der Waals surface area contributed by atoms with Gasteiger partial charge >= 0.3 is 12.4 Å². The maximum absolute atomic E-state index is 12.2. The van der Waals surface area contributed by atoms with Gasteiger partial charge in [0.25, 0.3) is 0 Å². The first kappa shape index (κ1) is 21.9. The van der Waals surface area contributed by atoms with Gasteiger partial charge in [-0.3, -0.25) is 10.1 Å². The summed E-state index contributed by atoms with van der Waals surface area (Å²) in [6, 6.07) is 4.70. The van der Waals surface area contributed by atoms with Crippen molar-refractivity contribution in [2.75, 3.05) is 10.6 Å². The molecule has 3 amide bonds. The summed E-state index contributed by atoms with van der Waals surface area (Å²) in [6.45, 7) is 0. The third-order valence-electron chi connectivity index (χ3n) is 4.43. The summed E-state index contributed by atoms with van der Waals surface area (Å²) in [6.07, 6.45) is 0.556. The number of halogens is 3. The second-order valence-electron chi connectivity index (χ2n) is 6.87. The highest BCUT2D eigenvalue weighted by atomic mass is 32.1. The largest absolute Gasteiger partial charge is 0.573 e. The summed E-state index contributed by atoms with van der Waals surface area (Å²) in [4.78, 5) is 28.4. The number of ether oxygens (including phenoxy) is 1. The van der Waals surface area contributed by atoms with E-state index >= 15 is 0 Å². The van der Waals surface area contributed by atoms with Crippen LogP contribution in [0.5, 0.6) is 5.75 Å². The Morgan fingerprint density at radius 1 is 1.10 bits per heavy atom. The number of benzene rings is 1. The quantitative estimate of drug-likeness (QED) is 0.606. The fraction of sp³-hybridized carbons (Fsp3) is 0.421. The van der Waals surface area contributed by atoms with Crippen LogP contribution in [0.4, 0.5) is 28.8 Å². The molecule has 30 heavy (non-hydrogen) atoms. The Kier molecular flexibility index (Phi) is 7.14. The molecule has 3 N–H and O–H groups in total. The van der Waals surface area contributed by atoms with Crippen molar-refractivity contribution in [3.63, 3.8) is 0 Å². The van der Waals surface area contributed by atoms with Gasteiger partial charge in [-0.2, -0.15) is 0 Å². The molecule has 1 fully saturated rings. The Morgan fingerprint density at radius 3 is 2.47 bits per heavy atom. The molecule has 0 unspecified atom stereocenters. The Labute approximate surface area is 175 Å². The number of anilines is 2. The van der Waals surface area contributed by atoms with Crippen LogP contribution >= 0.6 is 11.3 Å². The first-order chi connectivity index (χ1) is 14.3. The summed E-state index contributed by atoms with van der Waals surface area (Å²) in [5.41, 5.74) is 0.803. The zero-order chi connectivity index (χ0) is 21.6. The van der Waals surface area contributed by atoms with Crippen molar-refractivity contribution in [2.24, 2.45) is 0 Å². The van der Waals surface area contributed by atoms with Gasteiger partial charge in [0.2, 0.25) is 5.91 Å². The standard InChI is InChI=1S/C19H21F3N4O3S/c20-19(21,22)29-15-8-6-13(7-9-15)23-16(27)10-14-11-30-18(25-14)26-17(28)24-12-4-2-1-3-5-12/h6-9,11-12H,1-5,10H2,(H,23,27)(H2,24,25,26,28). The molecule has 0 aliphatic heterocycles. The van der Waals surface area contributed by atoms with Crippen molar-refractivity contribution in [3.8, 4) is 5.75 Å². The lowest BCUT2D eigenvalue weighted by molar-refractivity contribution is -0.274. The number of hydrogen-bond donors (Lipinski definition) is 3. The molecule has 2 aromatic rings. The number of rotatable bonds is 6. The van der Waals surface area contributed by atoms with Gasteiger partial charge in [0.15, 0.2) is 5.13 Å². The average molecular weight is 442 g/mol. The van der Waals surface area contributed by atoms with Crippen molar-refractivity contribution in [1.29, 1.82) is 0 Å². The summed E-state index contributed by atoms with van der Waals surface area (Å²) >= 11 is 1.21. The molecule has 162 valence electrons. The van der Waals surface area contributed by atoms with Crippen LogP contribution in [0.3, 0.4) is 0 Å². The van der Waals surface area contributed by atoms with E-state index in [0.717, 1.165) is 37.8 Å². The Hall–Kier alpha value is -2.82. The van der Waals surface area contributed by atoms with Crippen LogP contribution in [0.1, 0.15) is 37.8 Å². The van der Waals surface area contributed by atoms with Crippen molar-refractivity contribution in [2.45, 2.75) is 50.9 Å². The van der Waals surface area contributed by atoms with Gasteiger partial charge in [0.05, 0.1) is 12.1 Å². The number of nitrogens with one attached hydrogen (secondary N) is 3. The van der Waals surface area contributed by atoms with Crippen LogP contribution in [0.25, 0.3) is 0 Å². The van der Waals surface area contributed by atoms with E-state index in [9.17, 15) is 22.8 Å². The summed E-state index contributed by atoms with van der Waals surface area (Å²) in [5.74, 6) is -0.759. The van der Waals surface area contributed by atoms with Crippen molar-refractivity contribution in [1.82, 2.24) is 10.3 Å². The minimum absolute atomic E-state index is 0.0385. The monoisotopic (exact) mass is 442 g/mol. The molecule has 1 saturated carbocycles. The van der Waals surface area contributed by atoms with E-state index in [1.807, 2.05) is 0 Å². The molecule has 1 aromatic carbocycles. The number of carbonyl (C=O) groups excluding carboxylic acids is 2.